The lowest BCUT2D eigenvalue weighted by Crippen LogP contribution is -2.42. The van der Waals surface area contributed by atoms with Crippen molar-refractivity contribution in [2.24, 2.45) is 5.92 Å². The number of hydrogen-bond acceptors (Lipinski definition) is 3. The molecular formula is C16H25NO2S. The molecule has 2 unspecified atom stereocenters. The zero-order chi connectivity index (χ0) is 14.8. The molecule has 0 aromatic heterocycles. The van der Waals surface area contributed by atoms with E-state index in [9.17, 15) is 8.42 Å². The van der Waals surface area contributed by atoms with Gasteiger partial charge < -0.3 is 5.32 Å². The molecule has 1 aliphatic rings. The zero-order valence-electron chi connectivity index (χ0n) is 12.6. The van der Waals surface area contributed by atoms with Crippen molar-refractivity contribution in [3.63, 3.8) is 0 Å². The molecule has 3 nitrogen and oxygen atoms in total. The van der Waals surface area contributed by atoms with Gasteiger partial charge in [0.25, 0.3) is 0 Å². The standard InChI is InChI=1S/C16H25NO2S/c1-4-10-17-16(12(2)3)14-9-11-20(18,19)15-8-6-5-7-13(14)15/h5-8,12,14,16-17H,4,9-11H2,1-3H3. The first-order valence-electron chi connectivity index (χ1n) is 7.52. The molecule has 1 aromatic carbocycles. The molecule has 1 N–H and O–H groups in total. The lowest BCUT2D eigenvalue weighted by molar-refractivity contribution is 0.330. The average Bonchev–Trinajstić information content (AvgIpc) is 2.41. The van der Waals surface area contributed by atoms with E-state index in [4.69, 9.17) is 0 Å². The highest BCUT2D eigenvalue weighted by Crippen LogP contribution is 2.37. The normalized spacial score (nSPS) is 22.5. The Bertz CT molecular complexity index is 551. The van der Waals surface area contributed by atoms with Crippen LogP contribution in [0.1, 0.15) is 45.1 Å². The molecule has 0 amide bonds. The average molecular weight is 295 g/mol. The smallest absolute Gasteiger partial charge is 0.178 e. The van der Waals surface area contributed by atoms with E-state index in [1.54, 1.807) is 6.07 Å². The van der Waals surface area contributed by atoms with E-state index in [2.05, 4.69) is 26.1 Å². The van der Waals surface area contributed by atoms with Gasteiger partial charge in [-0.1, -0.05) is 39.0 Å². The molecule has 2 rings (SSSR count). The van der Waals surface area contributed by atoms with Gasteiger partial charge in [0.2, 0.25) is 0 Å². The van der Waals surface area contributed by atoms with Gasteiger partial charge in [-0.3, -0.25) is 0 Å². The largest absolute Gasteiger partial charge is 0.313 e. The highest BCUT2D eigenvalue weighted by molar-refractivity contribution is 7.91. The molecule has 2 atom stereocenters. The molecule has 4 heteroatoms. The lowest BCUT2D eigenvalue weighted by atomic mass is 9.83. The van der Waals surface area contributed by atoms with Gasteiger partial charge in [0.05, 0.1) is 10.6 Å². The first kappa shape index (κ1) is 15.5. The van der Waals surface area contributed by atoms with Crippen molar-refractivity contribution in [3.05, 3.63) is 29.8 Å². The molecular weight excluding hydrogens is 270 g/mol. The van der Waals surface area contributed by atoms with Crippen molar-refractivity contribution in [1.29, 1.82) is 0 Å². The fraction of sp³-hybridized carbons (Fsp3) is 0.625. The highest BCUT2D eigenvalue weighted by atomic mass is 32.2. The molecule has 0 fully saturated rings. The van der Waals surface area contributed by atoms with Crippen LogP contribution in [0.3, 0.4) is 0 Å². The Morgan fingerprint density at radius 3 is 2.65 bits per heavy atom. The Kier molecular flexibility index (Phi) is 4.86. The van der Waals surface area contributed by atoms with Crippen molar-refractivity contribution in [1.82, 2.24) is 5.32 Å². The van der Waals surface area contributed by atoms with E-state index in [1.807, 2.05) is 18.2 Å². The maximum Gasteiger partial charge on any atom is 0.178 e. The number of hydrogen-bond donors (Lipinski definition) is 1. The fourth-order valence-electron chi connectivity index (χ4n) is 3.14. The minimum atomic E-state index is -3.08. The molecule has 1 aliphatic heterocycles. The SMILES string of the molecule is CCCNC(C(C)C)C1CCS(=O)(=O)c2ccccc21. The van der Waals surface area contributed by atoms with Crippen molar-refractivity contribution in [3.8, 4) is 0 Å². The number of benzene rings is 1. The van der Waals surface area contributed by atoms with Crippen LogP contribution in [0.5, 0.6) is 0 Å². The van der Waals surface area contributed by atoms with Crippen LogP contribution in [0, 0.1) is 5.92 Å². The van der Waals surface area contributed by atoms with Gasteiger partial charge in [-0.15, -0.1) is 0 Å². The van der Waals surface area contributed by atoms with E-state index in [-0.39, 0.29) is 5.75 Å². The minimum Gasteiger partial charge on any atom is -0.313 e. The maximum absolute atomic E-state index is 12.2. The summed E-state index contributed by atoms with van der Waals surface area (Å²) in [4.78, 5) is 0.542. The quantitative estimate of drug-likeness (QED) is 0.908. The van der Waals surface area contributed by atoms with Crippen LogP contribution in [0.25, 0.3) is 0 Å². The van der Waals surface area contributed by atoms with Crippen LogP contribution in [0.2, 0.25) is 0 Å². The molecule has 20 heavy (non-hydrogen) atoms. The summed E-state index contributed by atoms with van der Waals surface area (Å²) in [6.45, 7) is 7.55. The monoisotopic (exact) mass is 295 g/mol. The fourth-order valence-corrected chi connectivity index (χ4v) is 4.79. The summed E-state index contributed by atoms with van der Waals surface area (Å²) in [5, 5.41) is 3.61. The summed E-state index contributed by atoms with van der Waals surface area (Å²) in [5.74, 6) is 1.05. The molecule has 0 spiro atoms. The lowest BCUT2D eigenvalue weighted by Gasteiger charge is -2.35. The minimum absolute atomic E-state index is 0.270. The number of sulfone groups is 1. The van der Waals surface area contributed by atoms with E-state index >= 15 is 0 Å². The zero-order valence-corrected chi connectivity index (χ0v) is 13.4. The summed E-state index contributed by atoms with van der Waals surface area (Å²) in [7, 11) is -3.08. The van der Waals surface area contributed by atoms with E-state index < -0.39 is 9.84 Å². The summed E-state index contributed by atoms with van der Waals surface area (Å²) >= 11 is 0. The van der Waals surface area contributed by atoms with Crippen molar-refractivity contribution in [2.75, 3.05) is 12.3 Å². The van der Waals surface area contributed by atoms with Gasteiger partial charge >= 0.3 is 0 Å². The van der Waals surface area contributed by atoms with Gasteiger partial charge in [-0.2, -0.15) is 0 Å². The van der Waals surface area contributed by atoms with Crippen LogP contribution in [-0.4, -0.2) is 26.8 Å². The summed E-state index contributed by atoms with van der Waals surface area (Å²) in [5.41, 5.74) is 1.00. The van der Waals surface area contributed by atoms with E-state index in [0.717, 1.165) is 24.9 Å². The Morgan fingerprint density at radius 2 is 2.00 bits per heavy atom. The van der Waals surface area contributed by atoms with Crippen LogP contribution in [-0.2, 0) is 9.84 Å². The van der Waals surface area contributed by atoms with Crippen molar-refractivity contribution >= 4 is 9.84 Å². The van der Waals surface area contributed by atoms with Crippen LogP contribution in [0.4, 0.5) is 0 Å². The maximum atomic E-state index is 12.2. The van der Waals surface area contributed by atoms with E-state index in [1.165, 1.54) is 0 Å². The summed E-state index contributed by atoms with van der Waals surface area (Å²) in [6.07, 6.45) is 1.81. The second kappa shape index (κ2) is 6.27. The number of fused-ring (bicyclic) bond motifs is 1. The Balaban J connectivity index is 2.38. The highest BCUT2D eigenvalue weighted by Gasteiger charge is 2.35. The summed E-state index contributed by atoms with van der Waals surface area (Å²) in [6, 6.07) is 7.85. The molecule has 0 saturated heterocycles. The molecule has 112 valence electrons. The Hall–Kier alpha value is -0.870. The topological polar surface area (TPSA) is 46.2 Å². The first-order chi connectivity index (χ1) is 9.47. The third kappa shape index (κ3) is 3.07. The van der Waals surface area contributed by atoms with Gasteiger partial charge in [0.15, 0.2) is 9.84 Å². The molecule has 1 aromatic rings. The summed E-state index contributed by atoms with van der Waals surface area (Å²) < 4.78 is 24.4. The van der Waals surface area contributed by atoms with Crippen LogP contribution < -0.4 is 5.32 Å². The molecule has 0 radical (unpaired) electrons. The second-order valence-corrected chi connectivity index (χ2v) is 8.05. The van der Waals surface area contributed by atoms with Gasteiger partial charge in [0, 0.05) is 12.0 Å². The van der Waals surface area contributed by atoms with E-state index in [0.29, 0.717) is 22.8 Å². The second-order valence-electron chi connectivity index (χ2n) is 5.98. The predicted molar refractivity (Wildman–Crippen MR) is 82.8 cm³/mol. The van der Waals surface area contributed by atoms with Gasteiger partial charge in [-0.05, 0) is 36.9 Å². The van der Waals surface area contributed by atoms with Gasteiger partial charge in [-0.25, -0.2) is 8.42 Å². The number of rotatable bonds is 5. The van der Waals surface area contributed by atoms with Crippen LogP contribution >= 0.6 is 0 Å². The van der Waals surface area contributed by atoms with Gasteiger partial charge in [0.1, 0.15) is 0 Å². The third-order valence-corrected chi connectivity index (χ3v) is 5.95. The predicted octanol–water partition coefficient (Wildman–Crippen LogP) is 2.97. The molecule has 0 aliphatic carbocycles. The molecule has 0 saturated carbocycles. The Labute approximate surface area is 122 Å². The van der Waals surface area contributed by atoms with Crippen molar-refractivity contribution < 1.29 is 8.42 Å². The van der Waals surface area contributed by atoms with Crippen LogP contribution in [0.15, 0.2) is 29.2 Å². The third-order valence-electron chi connectivity index (χ3n) is 4.13. The Morgan fingerprint density at radius 1 is 1.30 bits per heavy atom. The molecule has 1 heterocycles. The van der Waals surface area contributed by atoms with Crippen molar-refractivity contribution in [2.45, 2.75) is 50.5 Å². The molecule has 0 bridgehead atoms. The first-order valence-corrected chi connectivity index (χ1v) is 9.17. The number of nitrogens with one attached hydrogen (secondary N) is 1.